The van der Waals surface area contributed by atoms with Crippen LogP contribution in [0.1, 0.15) is 26.5 Å². The molecule has 1 amide bonds. The van der Waals surface area contributed by atoms with Gasteiger partial charge in [0.05, 0.1) is 11.1 Å². The van der Waals surface area contributed by atoms with E-state index in [0.717, 1.165) is 11.1 Å². The van der Waals surface area contributed by atoms with E-state index in [2.05, 4.69) is 18.9 Å². The third-order valence-electron chi connectivity index (χ3n) is 3.66. The second-order valence-electron chi connectivity index (χ2n) is 5.92. The molecule has 1 aromatic heterocycles. The van der Waals surface area contributed by atoms with Gasteiger partial charge in [0.15, 0.2) is 0 Å². The summed E-state index contributed by atoms with van der Waals surface area (Å²) in [5, 5.41) is 5.74. The maximum Gasteiger partial charge on any atom is 0.275 e. The van der Waals surface area contributed by atoms with Crippen LogP contribution in [0.3, 0.4) is 0 Å². The molecule has 0 aliphatic rings. The number of hydrogen-bond donors (Lipinski definition) is 0. The van der Waals surface area contributed by atoms with Crippen LogP contribution in [0.5, 0.6) is 0 Å². The summed E-state index contributed by atoms with van der Waals surface area (Å²) in [5.41, 5.74) is 0.546. The lowest BCUT2D eigenvalue weighted by Crippen LogP contribution is -2.39. The van der Waals surface area contributed by atoms with Crippen LogP contribution in [-0.4, -0.2) is 33.7 Å². The van der Waals surface area contributed by atoms with Crippen LogP contribution in [0.25, 0.3) is 10.8 Å². The first-order valence-electron chi connectivity index (χ1n) is 7.68. The van der Waals surface area contributed by atoms with Crippen molar-refractivity contribution in [1.82, 2.24) is 14.7 Å². The van der Waals surface area contributed by atoms with E-state index in [0.29, 0.717) is 24.4 Å². The summed E-state index contributed by atoms with van der Waals surface area (Å²) < 4.78 is 1.28. The number of aryl methyl sites for hydroxylation is 1. The molecule has 0 radical (unpaired) electrons. The van der Waals surface area contributed by atoms with Crippen LogP contribution < -0.4 is 5.56 Å². The van der Waals surface area contributed by atoms with Gasteiger partial charge in [-0.3, -0.25) is 9.59 Å². The molecule has 0 saturated carbocycles. The van der Waals surface area contributed by atoms with Gasteiger partial charge in [-0.2, -0.15) is 5.10 Å². The molecular weight excluding hydrogens is 278 g/mol. The first kappa shape index (κ1) is 16.2. The quantitative estimate of drug-likeness (QED) is 0.851. The largest absolute Gasteiger partial charge is 0.341 e. The molecule has 0 fully saturated rings. The number of aromatic nitrogens is 2. The highest BCUT2D eigenvalue weighted by atomic mass is 16.2. The molecule has 118 valence electrons. The van der Waals surface area contributed by atoms with Gasteiger partial charge in [-0.25, -0.2) is 4.68 Å². The molecule has 0 aliphatic carbocycles. The van der Waals surface area contributed by atoms with Crippen LogP contribution in [0, 0.1) is 12.8 Å². The zero-order valence-corrected chi connectivity index (χ0v) is 13.7. The maximum absolute atomic E-state index is 12.5. The summed E-state index contributed by atoms with van der Waals surface area (Å²) in [6.45, 7) is 9.26. The Morgan fingerprint density at radius 2 is 1.91 bits per heavy atom. The molecule has 0 N–H and O–H groups in total. The second kappa shape index (κ2) is 6.73. The average Bonchev–Trinajstić information content (AvgIpc) is 2.49. The summed E-state index contributed by atoms with van der Waals surface area (Å²) in [6.07, 6.45) is 0. The summed E-state index contributed by atoms with van der Waals surface area (Å²) in [4.78, 5) is 26.7. The van der Waals surface area contributed by atoms with Gasteiger partial charge in [0.1, 0.15) is 6.54 Å². The highest BCUT2D eigenvalue weighted by Gasteiger charge is 2.16. The van der Waals surface area contributed by atoms with Gasteiger partial charge in [-0.15, -0.1) is 0 Å². The summed E-state index contributed by atoms with van der Waals surface area (Å²) in [7, 11) is 0. The van der Waals surface area contributed by atoms with Crippen molar-refractivity contribution in [2.75, 3.05) is 13.1 Å². The Balaban J connectivity index is 2.34. The smallest absolute Gasteiger partial charge is 0.275 e. The molecule has 2 aromatic rings. The molecule has 0 atom stereocenters. The van der Waals surface area contributed by atoms with E-state index < -0.39 is 0 Å². The molecule has 5 nitrogen and oxygen atoms in total. The molecular formula is C17H23N3O2. The van der Waals surface area contributed by atoms with Crippen LogP contribution in [0.15, 0.2) is 29.1 Å². The maximum atomic E-state index is 12.5. The Bertz CT molecular complexity index is 734. The summed E-state index contributed by atoms with van der Waals surface area (Å²) in [6, 6.07) is 7.36. The standard InChI is InChI=1S/C17H23N3O2/c1-5-19(10-12(2)3)16(21)11-20-17(22)15-9-7-6-8-14(15)13(4)18-20/h6-9,12H,5,10-11H2,1-4H3. The van der Waals surface area contributed by atoms with Gasteiger partial charge in [-0.05, 0) is 25.8 Å². The number of fused-ring (bicyclic) bond motifs is 1. The highest BCUT2D eigenvalue weighted by Crippen LogP contribution is 2.11. The zero-order chi connectivity index (χ0) is 16.3. The van der Waals surface area contributed by atoms with Gasteiger partial charge >= 0.3 is 0 Å². The highest BCUT2D eigenvalue weighted by molar-refractivity contribution is 5.83. The lowest BCUT2D eigenvalue weighted by Gasteiger charge is -2.23. The molecule has 22 heavy (non-hydrogen) atoms. The number of likely N-dealkylation sites (N-methyl/N-ethyl adjacent to an activating group) is 1. The minimum Gasteiger partial charge on any atom is -0.341 e. The van der Waals surface area contributed by atoms with Gasteiger partial charge in [-0.1, -0.05) is 32.0 Å². The molecule has 0 saturated heterocycles. The van der Waals surface area contributed by atoms with E-state index in [9.17, 15) is 9.59 Å². The minimum absolute atomic E-state index is 0.00886. The zero-order valence-electron chi connectivity index (χ0n) is 13.7. The normalized spacial score (nSPS) is 11.1. The molecule has 1 aromatic carbocycles. The number of carbonyl (C=O) groups is 1. The average molecular weight is 301 g/mol. The first-order chi connectivity index (χ1) is 10.4. The molecule has 0 spiro atoms. The van der Waals surface area contributed by atoms with E-state index in [1.807, 2.05) is 32.0 Å². The third kappa shape index (κ3) is 3.35. The van der Waals surface area contributed by atoms with Crippen molar-refractivity contribution in [1.29, 1.82) is 0 Å². The van der Waals surface area contributed by atoms with Crippen LogP contribution in [0.4, 0.5) is 0 Å². The topological polar surface area (TPSA) is 55.2 Å². The molecule has 0 unspecified atom stereocenters. The summed E-state index contributed by atoms with van der Waals surface area (Å²) >= 11 is 0. The Morgan fingerprint density at radius 1 is 1.27 bits per heavy atom. The fourth-order valence-corrected chi connectivity index (χ4v) is 2.59. The Labute approximate surface area is 130 Å². The molecule has 2 rings (SSSR count). The predicted molar refractivity (Wildman–Crippen MR) is 87.8 cm³/mol. The first-order valence-corrected chi connectivity index (χ1v) is 7.68. The number of amides is 1. The molecule has 0 aliphatic heterocycles. The fraction of sp³-hybridized carbons (Fsp3) is 0.471. The van der Waals surface area contributed by atoms with Gasteiger partial charge in [0.25, 0.3) is 5.56 Å². The van der Waals surface area contributed by atoms with Gasteiger partial charge in [0, 0.05) is 18.5 Å². The number of nitrogens with zero attached hydrogens (tertiary/aromatic N) is 3. The number of carbonyl (C=O) groups excluding carboxylic acids is 1. The molecule has 1 heterocycles. The van der Waals surface area contributed by atoms with E-state index in [-0.39, 0.29) is 18.0 Å². The van der Waals surface area contributed by atoms with Crippen molar-refractivity contribution in [3.63, 3.8) is 0 Å². The Morgan fingerprint density at radius 3 is 2.50 bits per heavy atom. The number of hydrogen-bond acceptors (Lipinski definition) is 3. The lowest BCUT2D eigenvalue weighted by molar-refractivity contribution is -0.132. The van der Waals surface area contributed by atoms with E-state index >= 15 is 0 Å². The van der Waals surface area contributed by atoms with Gasteiger partial charge < -0.3 is 4.90 Å². The SMILES string of the molecule is CCN(CC(C)C)C(=O)Cn1nc(C)c2ccccc2c1=O. The molecule has 0 bridgehead atoms. The van der Waals surface area contributed by atoms with Crippen LogP contribution in [0.2, 0.25) is 0 Å². The van der Waals surface area contributed by atoms with Gasteiger partial charge in [0.2, 0.25) is 5.91 Å². The van der Waals surface area contributed by atoms with E-state index in [1.165, 1.54) is 4.68 Å². The third-order valence-corrected chi connectivity index (χ3v) is 3.66. The van der Waals surface area contributed by atoms with Crippen molar-refractivity contribution >= 4 is 16.7 Å². The number of rotatable bonds is 5. The van der Waals surface area contributed by atoms with Crippen LogP contribution >= 0.6 is 0 Å². The van der Waals surface area contributed by atoms with Crippen molar-refractivity contribution in [2.24, 2.45) is 5.92 Å². The van der Waals surface area contributed by atoms with Crippen molar-refractivity contribution in [3.05, 3.63) is 40.3 Å². The van der Waals surface area contributed by atoms with Crippen molar-refractivity contribution in [2.45, 2.75) is 34.2 Å². The Hall–Kier alpha value is -2.17. The minimum atomic E-state index is -0.213. The number of benzene rings is 1. The fourth-order valence-electron chi connectivity index (χ4n) is 2.59. The Kier molecular flexibility index (Phi) is 4.96. The van der Waals surface area contributed by atoms with Crippen molar-refractivity contribution < 1.29 is 4.79 Å². The van der Waals surface area contributed by atoms with E-state index in [4.69, 9.17) is 0 Å². The lowest BCUT2D eigenvalue weighted by atomic mass is 10.1. The predicted octanol–water partition coefficient (Wildman–Crippen LogP) is 2.21. The molecule has 5 heteroatoms. The monoisotopic (exact) mass is 301 g/mol. The summed E-state index contributed by atoms with van der Waals surface area (Å²) in [5.74, 6) is 0.326. The van der Waals surface area contributed by atoms with E-state index in [1.54, 1.807) is 11.0 Å². The van der Waals surface area contributed by atoms with Crippen molar-refractivity contribution in [3.8, 4) is 0 Å². The van der Waals surface area contributed by atoms with Crippen LogP contribution in [-0.2, 0) is 11.3 Å². The second-order valence-corrected chi connectivity index (χ2v) is 5.92.